The molecule has 0 radical (unpaired) electrons. The van der Waals surface area contributed by atoms with Crippen molar-refractivity contribution in [1.82, 2.24) is 4.31 Å². The molecule has 3 rings (SSSR count). The van der Waals surface area contributed by atoms with Gasteiger partial charge in [0.05, 0.1) is 44.3 Å². The predicted molar refractivity (Wildman–Crippen MR) is 103 cm³/mol. The molecule has 0 amide bonds. The Kier molecular flexibility index (Phi) is 7.14. The number of aliphatic hydroxyl groups is 1. The Morgan fingerprint density at radius 1 is 1.07 bits per heavy atom. The van der Waals surface area contributed by atoms with Gasteiger partial charge >= 0.3 is 0 Å². The van der Waals surface area contributed by atoms with Gasteiger partial charge in [0.15, 0.2) is 0 Å². The van der Waals surface area contributed by atoms with Crippen molar-refractivity contribution in [1.29, 1.82) is 0 Å². The maximum atomic E-state index is 13.0. The molecule has 28 heavy (non-hydrogen) atoms. The van der Waals surface area contributed by atoms with Gasteiger partial charge in [-0.2, -0.15) is 4.31 Å². The highest BCUT2D eigenvalue weighted by Gasteiger charge is 2.31. The Morgan fingerprint density at radius 3 is 2.36 bits per heavy atom. The largest absolute Gasteiger partial charge is 0.385 e. The molecular weight excluding hydrogens is 383 g/mol. The first-order chi connectivity index (χ1) is 13.4. The molecule has 2 aromatic carbocycles. The van der Waals surface area contributed by atoms with Crippen molar-refractivity contribution in [3.8, 4) is 0 Å². The molecule has 2 N–H and O–H groups in total. The van der Waals surface area contributed by atoms with Gasteiger partial charge in [0.1, 0.15) is 18.5 Å². The highest BCUT2D eigenvalue weighted by molar-refractivity contribution is 7.89. The second kappa shape index (κ2) is 9.58. The summed E-state index contributed by atoms with van der Waals surface area (Å²) in [6.07, 6.45) is -0.598. The summed E-state index contributed by atoms with van der Waals surface area (Å²) < 4.78 is 45.3. The molecule has 1 atom stereocenters. The number of aliphatic hydroxyl groups excluding tert-OH is 1. The zero-order valence-electron chi connectivity index (χ0n) is 15.6. The van der Waals surface area contributed by atoms with Crippen LogP contribution < -0.4 is 4.90 Å². The summed E-state index contributed by atoms with van der Waals surface area (Å²) in [5, 5.41) is 10.2. The summed E-state index contributed by atoms with van der Waals surface area (Å²) in [6, 6.07) is 14.7. The number of nitrogens with one attached hydrogen (secondary N) is 1. The molecule has 152 valence electrons. The van der Waals surface area contributed by atoms with E-state index < -0.39 is 21.9 Å². The van der Waals surface area contributed by atoms with Crippen LogP contribution in [0.3, 0.4) is 0 Å². The summed E-state index contributed by atoms with van der Waals surface area (Å²) in [7, 11) is -3.61. The zero-order valence-corrected chi connectivity index (χ0v) is 16.4. The first-order valence-corrected chi connectivity index (χ1v) is 10.8. The van der Waals surface area contributed by atoms with Crippen LogP contribution in [-0.2, 0) is 21.4 Å². The molecule has 1 fully saturated rings. The van der Waals surface area contributed by atoms with E-state index in [9.17, 15) is 17.9 Å². The van der Waals surface area contributed by atoms with E-state index in [2.05, 4.69) is 0 Å². The molecule has 2 aromatic rings. The lowest BCUT2D eigenvalue weighted by molar-refractivity contribution is -0.906. The van der Waals surface area contributed by atoms with E-state index in [0.717, 1.165) is 22.6 Å². The standard InChI is InChI=1S/C20H25FN2O4S/c21-18-6-8-20(9-7-18)28(25,26)23-12-10-22(11-13-23)14-19(24)16-27-15-17-4-2-1-3-5-17/h1-9,19,24H,10-16H2/p+1/t19-/m1/s1. The predicted octanol–water partition coefficient (Wildman–Crippen LogP) is 0.293. The van der Waals surface area contributed by atoms with Gasteiger partial charge in [-0.15, -0.1) is 0 Å². The molecule has 0 aliphatic carbocycles. The van der Waals surface area contributed by atoms with Crippen molar-refractivity contribution in [2.24, 2.45) is 0 Å². The Hall–Kier alpha value is -1.84. The second-order valence-electron chi connectivity index (χ2n) is 6.97. The van der Waals surface area contributed by atoms with E-state index in [4.69, 9.17) is 4.74 Å². The first-order valence-electron chi connectivity index (χ1n) is 9.34. The Labute approximate surface area is 165 Å². The Morgan fingerprint density at radius 2 is 1.71 bits per heavy atom. The smallest absolute Gasteiger partial charge is 0.243 e. The van der Waals surface area contributed by atoms with Crippen molar-refractivity contribution in [3.05, 3.63) is 66.0 Å². The van der Waals surface area contributed by atoms with Crippen molar-refractivity contribution in [2.75, 3.05) is 39.3 Å². The topological polar surface area (TPSA) is 71.3 Å². The van der Waals surface area contributed by atoms with Crippen molar-refractivity contribution >= 4 is 10.0 Å². The van der Waals surface area contributed by atoms with Crippen LogP contribution in [0.5, 0.6) is 0 Å². The number of nitrogens with zero attached hydrogens (tertiary/aromatic N) is 1. The average Bonchev–Trinajstić information content (AvgIpc) is 2.69. The van der Waals surface area contributed by atoms with Crippen LogP contribution in [0.4, 0.5) is 4.39 Å². The van der Waals surface area contributed by atoms with Gasteiger partial charge in [0.25, 0.3) is 0 Å². The molecule has 8 heteroatoms. The van der Waals surface area contributed by atoms with Crippen LogP contribution >= 0.6 is 0 Å². The van der Waals surface area contributed by atoms with Gasteiger partial charge in [-0.3, -0.25) is 0 Å². The van der Waals surface area contributed by atoms with E-state index in [1.165, 1.54) is 16.4 Å². The van der Waals surface area contributed by atoms with Crippen LogP contribution in [0.25, 0.3) is 0 Å². The van der Waals surface area contributed by atoms with Gasteiger partial charge in [0, 0.05) is 0 Å². The fraction of sp³-hybridized carbons (Fsp3) is 0.400. The van der Waals surface area contributed by atoms with Gasteiger partial charge in [-0.05, 0) is 29.8 Å². The van der Waals surface area contributed by atoms with Crippen LogP contribution in [0, 0.1) is 5.82 Å². The lowest BCUT2D eigenvalue weighted by atomic mass is 10.2. The maximum absolute atomic E-state index is 13.0. The molecule has 0 spiro atoms. The van der Waals surface area contributed by atoms with Crippen LogP contribution in [-0.4, -0.2) is 63.3 Å². The molecule has 1 aliphatic heterocycles. The molecule has 0 aromatic heterocycles. The number of hydrogen-bond acceptors (Lipinski definition) is 4. The number of sulfonamides is 1. The van der Waals surface area contributed by atoms with E-state index in [1.807, 2.05) is 30.3 Å². The van der Waals surface area contributed by atoms with Gasteiger partial charge in [0.2, 0.25) is 10.0 Å². The molecule has 1 aliphatic rings. The van der Waals surface area contributed by atoms with E-state index in [-0.39, 0.29) is 11.5 Å². The highest BCUT2D eigenvalue weighted by atomic mass is 32.2. The van der Waals surface area contributed by atoms with E-state index >= 15 is 0 Å². The maximum Gasteiger partial charge on any atom is 0.243 e. The third-order valence-corrected chi connectivity index (χ3v) is 6.74. The summed E-state index contributed by atoms with van der Waals surface area (Å²) >= 11 is 0. The average molecular weight is 410 g/mol. The third kappa shape index (κ3) is 5.59. The monoisotopic (exact) mass is 409 g/mol. The van der Waals surface area contributed by atoms with Crippen molar-refractivity contribution in [2.45, 2.75) is 17.6 Å². The SMILES string of the molecule is O=S(=O)(c1ccc(F)cc1)N1CC[NH+](C[C@@H](O)COCc2ccccc2)CC1. The number of hydrogen-bond donors (Lipinski definition) is 2. The van der Waals surface area contributed by atoms with Gasteiger partial charge in [-0.25, -0.2) is 12.8 Å². The number of ether oxygens (including phenoxy) is 1. The molecule has 0 bridgehead atoms. The minimum Gasteiger partial charge on any atom is -0.385 e. The summed E-state index contributed by atoms with van der Waals surface area (Å²) in [5.41, 5.74) is 1.06. The number of rotatable bonds is 8. The minimum atomic E-state index is -3.61. The van der Waals surface area contributed by atoms with E-state index in [1.54, 1.807) is 0 Å². The quantitative estimate of drug-likeness (QED) is 0.658. The van der Waals surface area contributed by atoms with Gasteiger partial charge in [-0.1, -0.05) is 30.3 Å². The summed E-state index contributed by atoms with van der Waals surface area (Å²) in [5.74, 6) is -0.461. The lowest BCUT2D eigenvalue weighted by Crippen LogP contribution is -3.15. The normalized spacial score (nSPS) is 17.5. The van der Waals surface area contributed by atoms with Crippen LogP contribution in [0.15, 0.2) is 59.5 Å². The van der Waals surface area contributed by atoms with Crippen LogP contribution in [0.1, 0.15) is 5.56 Å². The van der Waals surface area contributed by atoms with Crippen molar-refractivity contribution < 1.29 is 27.6 Å². The number of halogens is 1. The summed E-state index contributed by atoms with van der Waals surface area (Å²) in [6.45, 7) is 3.16. The lowest BCUT2D eigenvalue weighted by Gasteiger charge is -2.32. The number of benzene rings is 2. The fourth-order valence-corrected chi connectivity index (χ4v) is 4.72. The molecule has 0 saturated carbocycles. The minimum absolute atomic E-state index is 0.103. The number of quaternary nitrogens is 1. The number of piperazine rings is 1. The summed E-state index contributed by atoms with van der Waals surface area (Å²) in [4.78, 5) is 1.24. The molecule has 1 saturated heterocycles. The van der Waals surface area contributed by atoms with E-state index in [0.29, 0.717) is 39.3 Å². The molecule has 1 heterocycles. The van der Waals surface area contributed by atoms with Crippen LogP contribution in [0.2, 0.25) is 0 Å². The third-order valence-electron chi connectivity index (χ3n) is 4.83. The van der Waals surface area contributed by atoms with Gasteiger partial charge < -0.3 is 14.7 Å². The molecule has 0 unspecified atom stereocenters. The fourth-order valence-electron chi connectivity index (χ4n) is 3.28. The molecule has 6 nitrogen and oxygen atoms in total. The highest BCUT2D eigenvalue weighted by Crippen LogP contribution is 2.16. The zero-order chi connectivity index (χ0) is 20.0. The molecular formula is C20H26FN2O4S+. The first kappa shape index (κ1) is 20.9. The Balaban J connectivity index is 1.42. The van der Waals surface area contributed by atoms with Crippen molar-refractivity contribution in [3.63, 3.8) is 0 Å². The second-order valence-corrected chi connectivity index (χ2v) is 8.90. The Bertz CT molecular complexity index is 838.